The van der Waals surface area contributed by atoms with E-state index in [1.165, 1.54) is 17.4 Å². The minimum Gasteiger partial charge on any atom is -0.493 e. The Kier molecular flexibility index (Phi) is 4.37. The molecule has 0 spiro atoms. The van der Waals surface area contributed by atoms with Crippen LogP contribution in [0.5, 0.6) is 11.5 Å². The van der Waals surface area contributed by atoms with E-state index >= 15 is 0 Å². The molecular weight excluding hydrogens is 404 g/mol. The Balaban J connectivity index is 1.64. The van der Waals surface area contributed by atoms with Crippen LogP contribution in [-0.2, 0) is 0 Å². The van der Waals surface area contributed by atoms with E-state index in [-0.39, 0.29) is 0 Å². The van der Waals surface area contributed by atoms with Gasteiger partial charge in [-0.05, 0) is 41.8 Å². The fourth-order valence-corrected chi connectivity index (χ4v) is 3.89. The first kappa shape index (κ1) is 18.2. The van der Waals surface area contributed by atoms with E-state index in [9.17, 15) is 9.59 Å². The van der Waals surface area contributed by atoms with E-state index in [1.807, 2.05) is 18.2 Å². The number of hydrogen-bond acceptors (Lipinski definition) is 7. The molecule has 0 saturated heterocycles. The molecule has 0 unspecified atom stereocenters. The molecule has 2 aromatic carbocycles. The van der Waals surface area contributed by atoms with Crippen LogP contribution in [0.3, 0.4) is 0 Å². The van der Waals surface area contributed by atoms with Crippen molar-refractivity contribution in [1.29, 1.82) is 0 Å². The number of thiophene rings is 1. The van der Waals surface area contributed by atoms with Crippen LogP contribution in [0.2, 0.25) is 0 Å². The highest BCUT2D eigenvalue weighted by atomic mass is 32.1. The van der Waals surface area contributed by atoms with Gasteiger partial charge in [0.15, 0.2) is 11.3 Å². The van der Waals surface area contributed by atoms with Crippen LogP contribution in [0.4, 0.5) is 0 Å². The topological polar surface area (TPSA) is 78.9 Å². The van der Waals surface area contributed by atoms with Crippen molar-refractivity contribution in [3.63, 3.8) is 0 Å². The Morgan fingerprint density at radius 1 is 1.00 bits per heavy atom. The maximum Gasteiger partial charge on any atom is 0.353 e. The van der Waals surface area contributed by atoms with Gasteiger partial charge in [0.1, 0.15) is 22.0 Å². The smallest absolute Gasteiger partial charge is 0.353 e. The van der Waals surface area contributed by atoms with Crippen LogP contribution in [0.15, 0.2) is 79.7 Å². The number of esters is 1. The van der Waals surface area contributed by atoms with Crippen molar-refractivity contribution in [2.45, 2.75) is 0 Å². The van der Waals surface area contributed by atoms with Crippen molar-refractivity contribution in [3.05, 3.63) is 81.3 Å². The maximum absolute atomic E-state index is 12.3. The number of para-hydroxylation sites is 1. The molecule has 0 bridgehead atoms. The van der Waals surface area contributed by atoms with Crippen molar-refractivity contribution in [2.24, 2.45) is 0 Å². The predicted octanol–water partition coefficient (Wildman–Crippen LogP) is 5.50. The molecule has 0 aliphatic carbocycles. The number of benzene rings is 2. The molecule has 0 N–H and O–H groups in total. The third-order valence-electron chi connectivity index (χ3n) is 4.64. The Morgan fingerprint density at radius 2 is 1.90 bits per heavy atom. The van der Waals surface area contributed by atoms with Crippen molar-refractivity contribution < 1.29 is 23.1 Å². The summed E-state index contributed by atoms with van der Waals surface area (Å²) in [4.78, 5) is 24.9. The van der Waals surface area contributed by atoms with Gasteiger partial charge < -0.3 is 18.3 Å². The second-order valence-corrected chi connectivity index (χ2v) is 7.44. The van der Waals surface area contributed by atoms with Crippen LogP contribution < -0.4 is 15.1 Å². The summed E-state index contributed by atoms with van der Waals surface area (Å²) in [7, 11) is 1.57. The van der Waals surface area contributed by atoms with Gasteiger partial charge in [-0.25, -0.2) is 9.59 Å². The minimum atomic E-state index is -0.506. The summed E-state index contributed by atoms with van der Waals surface area (Å²) < 4.78 is 22.2. The maximum atomic E-state index is 12.3. The number of carbonyl (C=O) groups is 1. The van der Waals surface area contributed by atoms with Gasteiger partial charge in [0.2, 0.25) is 0 Å². The highest BCUT2D eigenvalue weighted by Crippen LogP contribution is 2.36. The van der Waals surface area contributed by atoms with Crippen LogP contribution >= 0.6 is 11.3 Å². The van der Waals surface area contributed by atoms with Crippen LogP contribution in [0.1, 0.15) is 9.67 Å². The molecule has 3 heterocycles. The van der Waals surface area contributed by atoms with Gasteiger partial charge in [-0.2, -0.15) is 0 Å². The fraction of sp³-hybridized carbons (Fsp3) is 0.0435. The average molecular weight is 418 g/mol. The number of furan rings is 1. The Morgan fingerprint density at radius 3 is 2.70 bits per heavy atom. The first-order valence-electron chi connectivity index (χ1n) is 9.03. The molecule has 0 fully saturated rings. The van der Waals surface area contributed by atoms with Crippen LogP contribution in [0.25, 0.3) is 33.3 Å². The quantitative estimate of drug-likeness (QED) is 0.218. The van der Waals surface area contributed by atoms with E-state index < -0.39 is 11.6 Å². The van der Waals surface area contributed by atoms with Crippen LogP contribution in [0, 0.1) is 0 Å². The summed E-state index contributed by atoms with van der Waals surface area (Å²) in [5.41, 5.74) is 0.972. The van der Waals surface area contributed by atoms with Crippen LogP contribution in [-0.4, -0.2) is 13.1 Å². The van der Waals surface area contributed by atoms with E-state index in [0.717, 1.165) is 5.39 Å². The second-order valence-electron chi connectivity index (χ2n) is 6.49. The van der Waals surface area contributed by atoms with E-state index in [4.69, 9.17) is 18.3 Å². The van der Waals surface area contributed by atoms with Crippen molar-refractivity contribution in [2.75, 3.05) is 7.11 Å². The molecule has 148 valence electrons. The predicted molar refractivity (Wildman–Crippen MR) is 114 cm³/mol. The molecule has 3 aromatic heterocycles. The first-order chi connectivity index (χ1) is 14.6. The van der Waals surface area contributed by atoms with Gasteiger partial charge in [0, 0.05) is 22.4 Å². The van der Waals surface area contributed by atoms with Gasteiger partial charge in [-0.3, -0.25) is 0 Å². The standard InChI is InChI=1S/C23H14O6S/c1-26-18-5-2-4-13-10-19(29-22(13)18)16-12-21(24)28-17-8-7-14(11-15(16)17)27-23(25)20-6-3-9-30-20/h2-12H,1H3. The lowest BCUT2D eigenvalue weighted by atomic mass is 10.1. The Hall–Kier alpha value is -3.84. The molecule has 7 heteroatoms. The molecule has 0 atom stereocenters. The third-order valence-corrected chi connectivity index (χ3v) is 5.49. The summed E-state index contributed by atoms with van der Waals surface area (Å²) in [5, 5.41) is 3.23. The largest absolute Gasteiger partial charge is 0.493 e. The van der Waals surface area contributed by atoms with Crippen molar-refractivity contribution in [1.82, 2.24) is 0 Å². The molecule has 30 heavy (non-hydrogen) atoms. The first-order valence-corrected chi connectivity index (χ1v) is 9.91. The van der Waals surface area contributed by atoms with Crippen molar-refractivity contribution >= 4 is 39.2 Å². The third kappa shape index (κ3) is 3.15. The number of hydrogen-bond donors (Lipinski definition) is 0. The summed E-state index contributed by atoms with van der Waals surface area (Å²) in [6, 6.07) is 17.1. The Labute approximate surface area is 173 Å². The number of ether oxygens (including phenoxy) is 2. The Bertz CT molecular complexity index is 1440. The molecule has 0 aliphatic rings. The summed E-state index contributed by atoms with van der Waals surface area (Å²) in [5.74, 6) is 0.965. The highest BCUT2D eigenvalue weighted by molar-refractivity contribution is 7.12. The van der Waals surface area contributed by atoms with E-state index in [2.05, 4.69) is 0 Å². The molecule has 0 saturated carbocycles. The molecule has 5 aromatic rings. The molecule has 0 radical (unpaired) electrons. The number of carbonyl (C=O) groups excluding carboxylic acids is 1. The zero-order valence-electron chi connectivity index (χ0n) is 15.7. The monoisotopic (exact) mass is 418 g/mol. The second kappa shape index (κ2) is 7.20. The van der Waals surface area contributed by atoms with Crippen molar-refractivity contribution in [3.8, 4) is 22.8 Å². The summed E-state index contributed by atoms with van der Waals surface area (Å²) in [6.45, 7) is 0. The average Bonchev–Trinajstić information content (AvgIpc) is 3.43. The summed E-state index contributed by atoms with van der Waals surface area (Å²) in [6.07, 6.45) is 0. The molecule has 5 rings (SSSR count). The molecule has 6 nitrogen and oxygen atoms in total. The zero-order chi connectivity index (χ0) is 20.7. The number of rotatable bonds is 4. The number of methoxy groups -OCH3 is 1. The minimum absolute atomic E-state index is 0.338. The zero-order valence-corrected chi connectivity index (χ0v) is 16.5. The van der Waals surface area contributed by atoms with Gasteiger partial charge in [-0.1, -0.05) is 18.2 Å². The normalized spacial score (nSPS) is 11.1. The van der Waals surface area contributed by atoms with Gasteiger partial charge in [0.25, 0.3) is 0 Å². The SMILES string of the molecule is COc1cccc2cc(-c3cc(=O)oc4ccc(OC(=O)c5cccs5)cc34)oc12. The van der Waals surface area contributed by atoms with Gasteiger partial charge >= 0.3 is 11.6 Å². The van der Waals surface area contributed by atoms with Gasteiger partial charge in [0.05, 0.1) is 7.11 Å². The van der Waals surface area contributed by atoms with E-state index in [1.54, 1.807) is 48.9 Å². The lowest BCUT2D eigenvalue weighted by Gasteiger charge is -2.06. The molecule has 0 aliphatic heterocycles. The molecular formula is C23H14O6S. The number of fused-ring (bicyclic) bond motifs is 2. The summed E-state index contributed by atoms with van der Waals surface area (Å²) >= 11 is 1.30. The lowest BCUT2D eigenvalue weighted by Crippen LogP contribution is -2.06. The highest BCUT2D eigenvalue weighted by Gasteiger charge is 2.16. The molecule has 0 amide bonds. The van der Waals surface area contributed by atoms with E-state index in [0.29, 0.717) is 44.3 Å². The lowest BCUT2D eigenvalue weighted by molar-refractivity contribution is 0.0740. The van der Waals surface area contributed by atoms with Gasteiger partial charge in [-0.15, -0.1) is 11.3 Å². The fourth-order valence-electron chi connectivity index (χ4n) is 3.29.